The molecule has 88 valence electrons. The molecule has 1 unspecified atom stereocenters. The van der Waals surface area contributed by atoms with E-state index in [9.17, 15) is 0 Å². The first-order valence-electron chi connectivity index (χ1n) is 5.92. The Hall–Kier alpha value is -1.22. The van der Waals surface area contributed by atoms with Crippen LogP contribution in [0, 0.1) is 6.92 Å². The number of furan rings is 1. The van der Waals surface area contributed by atoms with Crippen LogP contribution in [0.4, 0.5) is 0 Å². The highest BCUT2D eigenvalue weighted by atomic mass is 16.5. The summed E-state index contributed by atoms with van der Waals surface area (Å²) in [7, 11) is 0. The fourth-order valence-electron chi connectivity index (χ4n) is 1.92. The van der Waals surface area contributed by atoms with Crippen molar-refractivity contribution < 1.29 is 9.15 Å². The molecule has 1 aromatic heterocycles. The average Bonchev–Trinajstić information content (AvgIpc) is 2.91. The van der Waals surface area contributed by atoms with Crippen LogP contribution in [0.3, 0.4) is 0 Å². The van der Waals surface area contributed by atoms with E-state index in [4.69, 9.17) is 9.15 Å². The van der Waals surface area contributed by atoms with Gasteiger partial charge in [-0.2, -0.15) is 0 Å². The van der Waals surface area contributed by atoms with Gasteiger partial charge in [0.1, 0.15) is 11.5 Å². The van der Waals surface area contributed by atoms with Gasteiger partial charge in [0.2, 0.25) is 0 Å². The molecule has 0 spiro atoms. The smallest absolute Gasteiger partial charge is 0.114 e. The lowest BCUT2D eigenvalue weighted by molar-refractivity contribution is 0.215. The first-order chi connectivity index (χ1) is 7.81. The molecule has 1 aliphatic heterocycles. The van der Waals surface area contributed by atoms with Crippen LogP contribution in [-0.4, -0.2) is 13.2 Å². The van der Waals surface area contributed by atoms with Crippen molar-refractivity contribution in [2.75, 3.05) is 13.2 Å². The lowest BCUT2D eigenvalue weighted by atomic mass is 10.1. The zero-order valence-electron chi connectivity index (χ0n) is 9.95. The molecule has 2 heterocycles. The molecule has 0 bridgehead atoms. The second-order valence-corrected chi connectivity index (χ2v) is 4.12. The van der Waals surface area contributed by atoms with Gasteiger partial charge in [-0.3, -0.25) is 0 Å². The molecule has 1 aliphatic rings. The van der Waals surface area contributed by atoms with Crippen molar-refractivity contribution in [2.45, 2.75) is 32.7 Å². The van der Waals surface area contributed by atoms with E-state index in [1.54, 1.807) is 0 Å². The van der Waals surface area contributed by atoms with E-state index in [0.717, 1.165) is 43.1 Å². The third kappa shape index (κ3) is 2.47. The number of nitrogens with one attached hydrogen (secondary N) is 1. The summed E-state index contributed by atoms with van der Waals surface area (Å²) in [5, 5.41) is 3.49. The van der Waals surface area contributed by atoms with Gasteiger partial charge in [-0.1, -0.05) is 6.92 Å². The predicted octanol–water partition coefficient (Wildman–Crippen LogP) is 2.93. The van der Waals surface area contributed by atoms with Crippen LogP contribution in [-0.2, 0) is 4.74 Å². The Kier molecular flexibility index (Phi) is 3.67. The van der Waals surface area contributed by atoms with E-state index in [-0.39, 0.29) is 6.04 Å². The monoisotopic (exact) mass is 221 g/mol. The molecule has 2 rings (SSSR count). The minimum Gasteiger partial charge on any atom is -0.496 e. The highest BCUT2D eigenvalue weighted by molar-refractivity contribution is 5.25. The van der Waals surface area contributed by atoms with Crippen LogP contribution in [0.2, 0.25) is 0 Å². The Morgan fingerprint density at radius 2 is 2.38 bits per heavy atom. The fraction of sp³-hybridized carbons (Fsp3) is 0.538. The van der Waals surface area contributed by atoms with Crippen molar-refractivity contribution in [2.24, 2.45) is 0 Å². The van der Waals surface area contributed by atoms with Gasteiger partial charge in [0, 0.05) is 12.0 Å². The lowest BCUT2D eigenvalue weighted by Gasteiger charge is -2.18. The number of hydrogen-bond donors (Lipinski definition) is 1. The minimum absolute atomic E-state index is 0.153. The number of aryl methyl sites for hydroxylation is 1. The molecule has 0 aliphatic carbocycles. The Morgan fingerprint density at radius 1 is 1.50 bits per heavy atom. The topological polar surface area (TPSA) is 34.4 Å². The summed E-state index contributed by atoms with van der Waals surface area (Å²) in [6, 6.07) is 2.22. The Morgan fingerprint density at radius 3 is 2.94 bits per heavy atom. The Labute approximate surface area is 96.5 Å². The van der Waals surface area contributed by atoms with Crippen LogP contribution in [0.25, 0.3) is 0 Å². The van der Waals surface area contributed by atoms with Crippen LogP contribution in [0.1, 0.15) is 37.1 Å². The SMILES string of the molecule is CCCNC(C1=CCCO1)c1coc(C)c1. The van der Waals surface area contributed by atoms with Crippen molar-refractivity contribution in [1.29, 1.82) is 0 Å². The summed E-state index contributed by atoms with van der Waals surface area (Å²) in [5.74, 6) is 1.98. The lowest BCUT2D eigenvalue weighted by Crippen LogP contribution is -2.23. The Balaban J connectivity index is 2.13. The molecule has 1 atom stereocenters. The quantitative estimate of drug-likeness (QED) is 0.830. The Bertz CT molecular complexity index is 368. The molecule has 0 amide bonds. The van der Waals surface area contributed by atoms with Gasteiger partial charge in [-0.05, 0) is 32.0 Å². The third-order valence-corrected chi connectivity index (χ3v) is 2.70. The average molecular weight is 221 g/mol. The summed E-state index contributed by atoms with van der Waals surface area (Å²) >= 11 is 0. The zero-order chi connectivity index (χ0) is 11.4. The maximum absolute atomic E-state index is 5.63. The molecular formula is C13H19NO2. The van der Waals surface area contributed by atoms with Crippen molar-refractivity contribution >= 4 is 0 Å². The van der Waals surface area contributed by atoms with Crippen molar-refractivity contribution in [3.05, 3.63) is 35.5 Å². The van der Waals surface area contributed by atoms with E-state index >= 15 is 0 Å². The minimum atomic E-state index is 0.153. The van der Waals surface area contributed by atoms with Gasteiger partial charge >= 0.3 is 0 Å². The van der Waals surface area contributed by atoms with Crippen molar-refractivity contribution in [3.8, 4) is 0 Å². The summed E-state index contributed by atoms with van der Waals surface area (Å²) in [5.41, 5.74) is 1.15. The normalized spacial score (nSPS) is 17.0. The summed E-state index contributed by atoms with van der Waals surface area (Å²) < 4.78 is 11.0. The van der Waals surface area contributed by atoms with Gasteiger partial charge in [-0.15, -0.1) is 0 Å². The van der Waals surface area contributed by atoms with E-state index in [0.29, 0.717) is 0 Å². The molecule has 0 radical (unpaired) electrons. The molecule has 0 saturated heterocycles. The molecule has 1 N–H and O–H groups in total. The van der Waals surface area contributed by atoms with Crippen LogP contribution in [0.5, 0.6) is 0 Å². The van der Waals surface area contributed by atoms with E-state index in [1.807, 2.05) is 13.2 Å². The zero-order valence-corrected chi connectivity index (χ0v) is 9.95. The summed E-state index contributed by atoms with van der Waals surface area (Å²) in [6.07, 6.45) is 6.10. The highest BCUT2D eigenvalue weighted by Crippen LogP contribution is 2.27. The number of ether oxygens (including phenoxy) is 1. The molecular weight excluding hydrogens is 202 g/mol. The van der Waals surface area contributed by atoms with Crippen LogP contribution in [0.15, 0.2) is 28.6 Å². The molecule has 3 nitrogen and oxygen atoms in total. The van der Waals surface area contributed by atoms with Crippen molar-refractivity contribution in [3.63, 3.8) is 0 Å². The largest absolute Gasteiger partial charge is 0.496 e. The summed E-state index contributed by atoms with van der Waals surface area (Å²) in [4.78, 5) is 0. The standard InChI is InChI=1S/C13H19NO2/c1-3-6-14-13(12-5-4-7-15-12)11-8-10(2)16-9-11/h5,8-9,13-14H,3-4,6-7H2,1-2H3. The first kappa shape index (κ1) is 11.3. The molecule has 0 saturated carbocycles. The van der Waals surface area contributed by atoms with E-state index < -0.39 is 0 Å². The number of rotatable bonds is 5. The molecule has 16 heavy (non-hydrogen) atoms. The van der Waals surface area contributed by atoms with Gasteiger partial charge in [0.15, 0.2) is 0 Å². The second-order valence-electron chi connectivity index (χ2n) is 4.12. The van der Waals surface area contributed by atoms with Crippen LogP contribution >= 0.6 is 0 Å². The fourth-order valence-corrected chi connectivity index (χ4v) is 1.92. The first-order valence-corrected chi connectivity index (χ1v) is 5.92. The van der Waals surface area contributed by atoms with Gasteiger partial charge < -0.3 is 14.5 Å². The van der Waals surface area contributed by atoms with E-state index in [2.05, 4.69) is 24.4 Å². The summed E-state index contributed by atoms with van der Waals surface area (Å²) in [6.45, 7) is 5.91. The predicted molar refractivity (Wildman–Crippen MR) is 63.1 cm³/mol. The third-order valence-electron chi connectivity index (χ3n) is 2.70. The van der Waals surface area contributed by atoms with Crippen LogP contribution < -0.4 is 5.32 Å². The second kappa shape index (κ2) is 5.21. The highest BCUT2D eigenvalue weighted by Gasteiger charge is 2.21. The van der Waals surface area contributed by atoms with E-state index in [1.165, 1.54) is 0 Å². The molecule has 1 aromatic rings. The van der Waals surface area contributed by atoms with Gasteiger partial charge in [0.25, 0.3) is 0 Å². The maximum Gasteiger partial charge on any atom is 0.114 e. The number of hydrogen-bond acceptors (Lipinski definition) is 3. The molecule has 0 fully saturated rings. The maximum atomic E-state index is 5.63. The van der Waals surface area contributed by atoms with Gasteiger partial charge in [0.05, 0.1) is 18.9 Å². The molecule has 3 heteroatoms. The van der Waals surface area contributed by atoms with Gasteiger partial charge in [-0.25, -0.2) is 0 Å². The van der Waals surface area contributed by atoms with Crippen molar-refractivity contribution in [1.82, 2.24) is 5.32 Å². The molecule has 0 aromatic carbocycles.